The summed E-state index contributed by atoms with van der Waals surface area (Å²) in [7, 11) is 0. The van der Waals surface area contributed by atoms with E-state index in [1.54, 1.807) is 57.8 Å². The third-order valence-corrected chi connectivity index (χ3v) is 7.67. The minimum Gasteiger partial charge on any atom is -0.0625 e. The molecule has 4 bridgehead atoms. The molecule has 0 amide bonds. The van der Waals surface area contributed by atoms with Crippen LogP contribution in [0.2, 0.25) is 0 Å². The zero-order chi connectivity index (χ0) is 12.3. The lowest BCUT2D eigenvalue weighted by atomic mass is 9.42. The molecule has 5 saturated carbocycles. The van der Waals surface area contributed by atoms with Crippen LogP contribution >= 0.6 is 0 Å². The zero-order valence-electron chi connectivity index (χ0n) is 12.3. The molecule has 102 valence electrons. The van der Waals surface area contributed by atoms with Gasteiger partial charge < -0.3 is 0 Å². The second-order valence-electron chi connectivity index (χ2n) is 8.62. The van der Waals surface area contributed by atoms with Gasteiger partial charge in [0.05, 0.1) is 0 Å². The van der Waals surface area contributed by atoms with Crippen molar-refractivity contribution in [1.82, 2.24) is 0 Å². The Kier molecular flexibility index (Phi) is 2.62. The summed E-state index contributed by atoms with van der Waals surface area (Å²) in [4.78, 5) is 0. The van der Waals surface area contributed by atoms with E-state index in [0.717, 1.165) is 40.9 Å². The van der Waals surface area contributed by atoms with Crippen LogP contribution in [0.3, 0.4) is 0 Å². The molecule has 0 heteroatoms. The molecule has 0 saturated heterocycles. The molecule has 0 heterocycles. The average molecular weight is 246 g/mol. The van der Waals surface area contributed by atoms with E-state index < -0.39 is 0 Å². The fourth-order valence-corrected chi connectivity index (χ4v) is 6.78. The van der Waals surface area contributed by atoms with Crippen LogP contribution in [0.5, 0.6) is 0 Å². The van der Waals surface area contributed by atoms with E-state index in [1.165, 1.54) is 0 Å². The molecule has 5 aliphatic rings. The molecule has 0 aromatic carbocycles. The number of hydrogen-bond donors (Lipinski definition) is 0. The Morgan fingerprint density at radius 2 is 1.28 bits per heavy atom. The van der Waals surface area contributed by atoms with Crippen molar-refractivity contribution in [2.45, 2.75) is 71.6 Å². The quantitative estimate of drug-likeness (QED) is 0.591. The fourth-order valence-electron chi connectivity index (χ4n) is 6.78. The minimum atomic E-state index is 0.846. The molecule has 1 spiro atoms. The number of hydrogen-bond acceptors (Lipinski definition) is 0. The molecule has 5 fully saturated rings. The molecule has 5 aliphatic carbocycles. The van der Waals surface area contributed by atoms with Gasteiger partial charge in [-0.1, -0.05) is 13.8 Å². The van der Waals surface area contributed by atoms with Crippen LogP contribution in [0, 0.1) is 40.9 Å². The van der Waals surface area contributed by atoms with Crippen LogP contribution in [-0.2, 0) is 0 Å². The normalized spacial score (nSPS) is 54.5. The van der Waals surface area contributed by atoms with Crippen molar-refractivity contribution in [1.29, 1.82) is 0 Å². The van der Waals surface area contributed by atoms with E-state index in [1.807, 2.05) is 0 Å². The zero-order valence-corrected chi connectivity index (χ0v) is 12.3. The summed E-state index contributed by atoms with van der Waals surface area (Å²) in [6.07, 6.45) is 14.4. The summed E-state index contributed by atoms with van der Waals surface area (Å²) in [5, 5.41) is 0. The molecule has 0 nitrogen and oxygen atoms in total. The summed E-state index contributed by atoms with van der Waals surface area (Å²) in [5.74, 6) is 6.60. The third-order valence-electron chi connectivity index (χ3n) is 7.67. The maximum atomic E-state index is 2.44. The van der Waals surface area contributed by atoms with Gasteiger partial charge in [-0.15, -0.1) is 0 Å². The lowest BCUT2D eigenvalue weighted by Crippen LogP contribution is -2.54. The van der Waals surface area contributed by atoms with Gasteiger partial charge in [-0.2, -0.15) is 0 Å². The van der Waals surface area contributed by atoms with E-state index in [0.29, 0.717) is 0 Å². The van der Waals surface area contributed by atoms with Gasteiger partial charge in [-0.25, -0.2) is 0 Å². The highest BCUT2D eigenvalue weighted by Gasteiger charge is 2.57. The van der Waals surface area contributed by atoms with Gasteiger partial charge in [0, 0.05) is 0 Å². The van der Waals surface area contributed by atoms with Crippen molar-refractivity contribution in [3.05, 3.63) is 0 Å². The molecule has 0 aliphatic heterocycles. The lowest BCUT2D eigenvalue weighted by molar-refractivity contribution is -0.133. The molecular formula is C18H30. The van der Waals surface area contributed by atoms with Gasteiger partial charge in [0.15, 0.2) is 0 Å². The van der Waals surface area contributed by atoms with Crippen molar-refractivity contribution in [2.24, 2.45) is 40.9 Å². The van der Waals surface area contributed by atoms with Gasteiger partial charge in [0.1, 0.15) is 0 Å². The van der Waals surface area contributed by atoms with Crippen molar-refractivity contribution in [3.8, 4) is 0 Å². The first-order valence-electron chi connectivity index (χ1n) is 8.67. The highest BCUT2D eigenvalue weighted by molar-refractivity contribution is 5.07. The molecule has 0 radical (unpaired) electrons. The third kappa shape index (κ3) is 1.56. The van der Waals surface area contributed by atoms with E-state index in [-0.39, 0.29) is 0 Å². The van der Waals surface area contributed by atoms with Crippen molar-refractivity contribution < 1.29 is 0 Å². The van der Waals surface area contributed by atoms with E-state index in [9.17, 15) is 0 Å². The maximum absolute atomic E-state index is 2.44. The Morgan fingerprint density at radius 1 is 0.778 bits per heavy atom. The Bertz CT molecular complexity index is 289. The molecule has 0 N–H and O–H groups in total. The molecule has 0 aromatic rings. The van der Waals surface area contributed by atoms with Gasteiger partial charge in [0.2, 0.25) is 0 Å². The van der Waals surface area contributed by atoms with Gasteiger partial charge in [-0.05, 0) is 98.7 Å². The summed E-state index contributed by atoms with van der Waals surface area (Å²) in [6.45, 7) is 4.89. The molecule has 0 unspecified atom stereocenters. The first kappa shape index (κ1) is 11.8. The minimum absolute atomic E-state index is 0.846. The predicted octanol–water partition coefficient (Wildman–Crippen LogP) is 5.28. The largest absolute Gasteiger partial charge is 0.0625 e. The van der Waals surface area contributed by atoms with Gasteiger partial charge in [0.25, 0.3) is 0 Å². The van der Waals surface area contributed by atoms with Crippen LogP contribution in [0.1, 0.15) is 71.6 Å². The molecule has 5 rings (SSSR count). The molecule has 18 heavy (non-hydrogen) atoms. The number of rotatable bonds is 1. The van der Waals surface area contributed by atoms with Crippen molar-refractivity contribution in [2.75, 3.05) is 0 Å². The predicted molar refractivity (Wildman–Crippen MR) is 76.3 cm³/mol. The Morgan fingerprint density at radius 3 is 1.72 bits per heavy atom. The standard InChI is InChI=1S/C18H30/c1-12(2)15-3-5-18(6-4-15)16-8-13-7-14(10-16)11-17(18)9-13/h12-17H,3-11H2,1-2H3. The molecular weight excluding hydrogens is 216 g/mol. The first-order valence-corrected chi connectivity index (χ1v) is 8.67. The summed E-state index contributed by atoms with van der Waals surface area (Å²) in [5.41, 5.74) is 0.846. The molecule has 0 atom stereocenters. The second-order valence-corrected chi connectivity index (χ2v) is 8.62. The Labute approximate surface area is 113 Å². The van der Waals surface area contributed by atoms with Crippen LogP contribution in [-0.4, -0.2) is 0 Å². The Balaban J connectivity index is 1.54. The van der Waals surface area contributed by atoms with E-state index in [4.69, 9.17) is 0 Å². The Hall–Kier alpha value is 0. The topological polar surface area (TPSA) is 0 Å². The smallest absolute Gasteiger partial charge is 0.0240 e. The summed E-state index contributed by atoms with van der Waals surface area (Å²) < 4.78 is 0. The second kappa shape index (κ2) is 4.00. The van der Waals surface area contributed by atoms with Crippen molar-refractivity contribution >= 4 is 0 Å². The van der Waals surface area contributed by atoms with Crippen LogP contribution in [0.25, 0.3) is 0 Å². The monoisotopic (exact) mass is 246 g/mol. The van der Waals surface area contributed by atoms with Crippen molar-refractivity contribution in [3.63, 3.8) is 0 Å². The van der Waals surface area contributed by atoms with E-state index >= 15 is 0 Å². The lowest BCUT2D eigenvalue weighted by Gasteiger charge is -2.63. The first-order chi connectivity index (χ1) is 8.67. The van der Waals surface area contributed by atoms with Crippen LogP contribution < -0.4 is 0 Å². The summed E-state index contributed by atoms with van der Waals surface area (Å²) in [6, 6.07) is 0. The van der Waals surface area contributed by atoms with Gasteiger partial charge >= 0.3 is 0 Å². The highest BCUT2D eigenvalue weighted by atomic mass is 14.6. The SMILES string of the molecule is CC(C)C1CCC2(CC1)C1CC3CC(C1)CC2C3. The van der Waals surface area contributed by atoms with Gasteiger partial charge in [-0.3, -0.25) is 0 Å². The fraction of sp³-hybridized carbons (Fsp3) is 1.00. The maximum Gasteiger partial charge on any atom is -0.0240 e. The van der Waals surface area contributed by atoms with Crippen LogP contribution in [0.4, 0.5) is 0 Å². The van der Waals surface area contributed by atoms with Crippen LogP contribution in [0.15, 0.2) is 0 Å². The summed E-state index contributed by atoms with van der Waals surface area (Å²) >= 11 is 0. The van der Waals surface area contributed by atoms with E-state index in [2.05, 4.69) is 13.8 Å². The highest BCUT2D eigenvalue weighted by Crippen LogP contribution is 2.67. The molecule has 0 aromatic heterocycles. The average Bonchev–Trinajstić information content (AvgIpc) is 2.35.